The summed E-state index contributed by atoms with van der Waals surface area (Å²) in [7, 11) is 0. The molecule has 31 heavy (non-hydrogen) atoms. The van der Waals surface area contributed by atoms with Gasteiger partial charge in [0.05, 0.1) is 18.7 Å². The molecule has 162 valence electrons. The summed E-state index contributed by atoms with van der Waals surface area (Å²) in [5.74, 6) is -2.02. The highest BCUT2D eigenvalue weighted by atomic mass is 16.5. The number of oxazole rings is 1. The molecule has 0 bridgehead atoms. The normalized spacial score (nSPS) is 12.7. The van der Waals surface area contributed by atoms with E-state index in [9.17, 15) is 14.4 Å². The molecule has 1 heterocycles. The molecule has 1 aromatic heterocycles. The maximum absolute atomic E-state index is 12.5. The third-order valence-electron chi connectivity index (χ3n) is 4.95. The summed E-state index contributed by atoms with van der Waals surface area (Å²) in [6, 6.07) is 17.8. The lowest BCUT2D eigenvalue weighted by Crippen LogP contribution is -2.38. The van der Waals surface area contributed by atoms with Crippen molar-refractivity contribution in [3.8, 4) is 11.1 Å². The van der Waals surface area contributed by atoms with Crippen LogP contribution in [0.2, 0.25) is 0 Å². The Morgan fingerprint density at radius 1 is 1.06 bits per heavy atom. The Balaban J connectivity index is 1.74. The molecule has 2 N–H and O–H groups in total. The predicted molar refractivity (Wildman–Crippen MR) is 117 cm³/mol. The third-order valence-corrected chi connectivity index (χ3v) is 4.95. The van der Waals surface area contributed by atoms with Gasteiger partial charge in [-0.2, -0.15) is 0 Å². The highest BCUT2D eigenvalue weighted by Gasteiger charge is 2.23. The molecule has 0 radical (unpaired) electrons. The number of nitrogens with one attached hydrogen (secondary N) is 2. The largest absolute Gasteiger partial charge is 0.466 e. The number of benzene rings is 2. The zero-order valence-electron chi connectivity index (χ0n) is 17.6. The van der Waals surface area contributed by atoms with Gasteiger partial charge in [0.25, 0.3) is 5.91 Å². The molecule has 3 aromatic rings. The first kappa shape index (κ1) is 22.1. The van der Waals surface area contributed by atoms with Crippen LogP contribution >= 0.6 is 0 Å². The van der Waals surface area contributed by atoms with Crippen molar-refractivity contribution in [2.24, 2.45) is 5.92 Å². The number of aromatic nitrogens is 1. The molecule has 1 amide bonds. The zero-order chi connectivity index (χ0) is 22.2. The minimum Gasteiger partial charge on any atom is -0.466 e. The number of rotatable bonds is 9. The quantitative estimate of drug-likeness (QED) is 0.514. The summed E-state index contributed by atoms with van der Waals surface area (Å²) in [6.07, 6.45) is 2.12. The van der Waals surface area contributed by atoms with Crippen LogP contribution in [0.3, 0.4) is 0 Å². The fourth-order valence-corrected chi connectivity index (χ4v) is 3.40. The molecule has 7 heteroatoms. The molecule has 2 aromatic carbocycles. The number of hydrogen-bond donors (Lipinski definition) is 2. The van der Waals surface area contributed by atoms with E-state index < -0.39 is 17.6 Å². The van der Waals surface area contributed by atoms with Gasteiger partial charge in [0.2, 0.25) is 5.76 Å². The molecule has 0 saturated carbocycles. The average molecular weight is 422 g/mol. The minimum atomic E-state index is -0.696. The number of hydrogen-bond acceptors (Lipinski definition) is 5. The fraction of sp³-hybridized carbons (Fsp3) is 0.292. The van der Waals surface area contributed by atoms with Gasteiger partial charge in [-0.15, -0.1) is 0 Å². The van der Waals surface area contributed by atoms with Crippen LogP contribution in [0.1, 0.15) is 36.4 Å². The molecule has 0 spiro atoms. The average Bonchev–Trinajstić information content (AvgIpc) is 3.21. The van der Waals surface area contributed by atoms with Crippen LogP contribution in [0, 0.1) is 5.92 Å². The van der Waals surface area contributed by atoms with E-state index in [1.54, 1.807) is 13.8 Å². The number of esters is 1. The Morgan fingerprint density at radius 3 is 2.35 bits per heavy atom. The van der Waals surface area contributed by atoms with Gasteiger partial charge in [-0.25, -0.2) is 4.79 Å². The van der Waals surface area contributed by atoms with Gasteiger partial charge in [-0.05, 0) is 36.5 Å². The van der Waals surface area contributed by atoms with Crippen LogP contribution in [-0.2, 0) is 16.0 Å². The van der Waals surface area contributed by atoms with Crippen molar-refractivity contribution in [2.75, 3.05) is 6.61 Å². The third kappa shape index (κ3) is 6.18. The molecule has 1 unspecified atom stereocenters. The SMILES string of the molecule is CCOC(=O)[C@H](C)CC(Cc1ccc(-c2ccccc2)cc1)NC(=O)c1c[nH]c(=O)o1. The van der Waals surface area contributed by atoms with Gasteiger partial charge < -0.3 is 14.5 Å². The van der Waals surface area contributed by atoms with Crippen molar-refractivity contribution < 1.29 is 18.7 Å². The van der Waals surface area contributed by atoms with Crippen LogP contribution in [0.4, 0.5) is 0 Å². The fourth-order valence-electron chi connectivity index (χ4n) is 3.40. The van der Waals surface area contributed by atoms with Gasteiger partial charge in [0.15, 0.2) is 0 Å². The summed E-state index contributed by atoms with van der Waals surface area (Å²) in [6.45, 7) is 3.83. The summed E-state index contributed by atoms with van der Waals surface area (Å²) in [5, 5.41) is 2.87. The molecule has 0 fully saturated rings. The Bertz CT molecular complexity index is 1050. The van der Waals surface area contributed by atoms with Crippen molar-refractivity contribution >= 4 is 11.9 Å². The first-order chi connectivity index (χ1) is 15.0. The summed E-state index contributed by atoms with van der Waals surface area (Å²) in [5.41, 5.74) is 3.23. The standard InChI is InChI=1S/C24H26N2O5/c1-3-30-23(28)16(2)13-20(26-22(27)21-15-25-24(29)31-21)14-17-9-11-19(12-10-17)18-7-5-4-6-8-18/h4-12,15-16,20H,3,13-14H2,1-2H3,(H,25,29)(H,26,27)/t16-,20?/m1/s1. The Labute approximate surface area is 180 Å². The van der Waals surface area contributed by atoms with Crippen molar-refractivity contribution in [1.82, 2.24) is 10.3 Å². The van der Waals surface area contributed by atoms with Crippen LogP contribution in [0.15, 0.2) is 70.0 Å². The smallest absolute Gasteiger partial charge is 0.416 e. The Hall–Kier alpha value is -3.61. The molecular formula is C24H26N2O5. The molecule has 0 aliphatic rings. The van der Waals surface area contributed by atoms with E-state index in [-0.39, 0.29) is 17.8 Å². The Kier molecular flexibility index (Phi) is 7.43. The van der Waals surface area contributed by atoms with Gasteiger partial charge in [-0.3, -0.25) is 14.6 Å². The van der Waals surface area contributed by atoms with Crippen molar-refractivity contribution in [1.29, 1.82) is 0 Å². The predicted octanol–water partition coefficient (Wildman–Crippen LogP) is 3.57. The molecule has 0 saturated heterocycles. The molecule has 7 nitrogen and oxygen atoms in total. The number of aromatic amines is 1. The second kappa shape index (κ2) is 10.4. The monoisotopic (exact) mass is 422 g/mol. The number of carbonyl (C=O) groups excluding carboxylic acids is 2. The van der Waals surface area contributed by atoms with Crippen LogP contribution in [0.5, 0.6) is 0 Å². The van der Waals surface area contributed by atoms with E-state index in [0.29, 0.717) is 19.4 Å². The number of H-pyrrole nitrogens is 1. The van der Waals surface area contributed by atoms with E-state index in [1.165, 1.54) is 6.20 Å². The highest BCUT2D eigenvalue weighted by Crippen LogP contribution is 2.21. The number of ether oxygens (including phenoxy) is 1. The highest BCUT2D eigenvalue weighted by molar-refractivity contribution is 5.91. The van der Waals surface area contributed by atoms with Crippen molar-refractivity contribution in [3.63, 3.8) is 0 Å². The number of amides is 1. The topological polar surface area (TPSA) is 101 Å². The lowest BCUT2D eigenvalue weighted by atomic mass is 9.95. The lowest BCUT2D eigenvalue weighted by Gasteiger charge is -2.21. The van der Waals surface area contributed by atoms with E-state index in [4.69, 9.17) is 9.15 Å². The van der Waals surface area contributed by atoms with Crippen LogP contribution < -0.4 is 11.1 Å². The van der Waals surface area contributed by atoms with E-state index in [2.05, 4.69) is 10.3 Å². The first-order valence-corrected chi connectivity index (χ1v) is 10.3. The van der Waals surface area contributed by atoms with Crippen LogP contribution in [-0.4, -0.2) is 29.5 Å². The minimum absolute atomic E-state index is 0.0989. The van der Waals surface area contributed by atoms with E-state index in [1.807, 2.05) is 54.6 Å². The van der Waals surface area contributed by atoms with Gasteiger partial charge in [-0.1, -0.05) is 61.5 Å². The summed E-state index contributed by atoms with van der Waals surface area (Å²) < 4.78 is 9.93. The summed E-state index contributed by atoms with van der Waals surface area (Å²) in [4.78, 5) is 38.1. The number of carbonyl (C=O) groups is 2. The second-order valence-corrected chi connectivity index (χ2v) is 7.37. The van der Waals surface area contributed by atoms with Crippen molar-refractivity contribution in [2.45, 2.75) is 32.7 Å². The second-order valence-electron chi connectivity index (χ2n) is 7.37. The Morgan fingerprint density at radius 2 is 1.74 bits per heavy atom. The van der Waals surface area contributed by atoms with E-state index >= 15 is 0 Å². The molecule has 2 atom stereocenters. The maximum atomic E-state index is 12.5. The molecular weight excluding hydrogens is 396 g/mol. The van der Waals surface area contributed by atoms with Gasteiger partial charge in [0, 0.05) is 6.04 Å². The maximum Gasteiger partial charge on any atom is 0.416 e. The molecule has 0 aliphatic heterocycles. The van der Waals surface area contributed by atoms with Crippen molar-refractivity contribution in [3.05, 3.63) is 82.7 Å². The van der Waals surface area contributed by atoms with Gasteiger partial charge in [0.1, 0.15) is 0 Å². The molecule has 0 aliphatic carbocycles. The summed E-state index contributed by atoms with van der Waals surface area (Å²) >= 11 is 0. The first-order valence-electron chi connectivity index (χ1n) is 10.3. The van der Waals surface area contributed by atoms with Crippen LogP contribution in [0.25, 0.3) is 11.1 Å². The lowest BCUT2D eigenvalue weighted by molar-refractivity contribution is -0.147. The van der Waals surface area contributed by atoms with Gasteiger partial charge >= 0.3 is 11.7 Å². The zero-order valence-corrected chi connectivity index (χ0v) is 17.6. The molecule has 3 rings (SSSR count). The van der Waals surface area contributed by atoms with E-state index in [0.717, 1.165) is 16.7 Å².